The van der Waals surface area contributed by atoms with Gasteiger partial charge in [-0.25, -0.2) is 4.98 Å². The first-order valence-electron chi connectivity index (χ1n) is 8.10. The van der Waals surface area contributed by atoms with E-state index in [1.807, 2.05) is 7.05 Å². The Hall–Kier alpha value is -2.10. The highest BCUT2D eigenvalue weighted by Gasteiger charge is 2.04. The maximum absolute atomic E-state index is 4.23. The minimum absolute atomic E-state index is 0. The maximum atomic E-state index is 4.23. The van der Waals surface area contributed by atoms with Crippen LogP contribution in [0.4, 0.5) is 0 Å². The Morgan fingerprint density at radius 1 is 1.28 bits per heavy atom. The van der Waals surface area contributed by atoms with Crippen LogP contribution in [-0.4, -0.2) is 39.3 Å². The molecule has 0 atom stereocenters. The van der Waals surface area contributed by atoms with Gasteiger partial charge in [0, 0.05) is 37.7 Å². The zero-order valence-corrected chi connectivity index (χ0v) is 16.8. The summed E-state index contributed by atoms with van der Waals surface area (Å²) in [6.45, 7) is 1.45. The van der Waals surface area contributed by atoms with E-state index in [1.165, 1.54) is 16.5 Å². The van der Waals surface area contributed by atoms with Crippen molar-refractivity contribution in [2.45, 2.75) is 19.4 Å². The number of aromatic nitrogens is 4. The van der Waals surface area contributed by atoms with Crippen LogP contribution in [0, 0.1) is 0 Å². The summed E-state index contributed by atoms with van der Waals surface area (Å²) >= 11 is 0. The van der Waals surface area contributed by atoms with E-state index in [4.69, 9.17) is 0 Å². The van der Waals surface area contributed by atoms with Crippen LogP contribution >= 0.6 is 24.0 Å². The molecule has 0 radical (unpaired) electrons. The number of rotatable bonds is 6. The van der Waals surface area contributed by atoms with Gasteiger partial charge in [-0.1, -0.05) is 18.2 Å². The minimum atomic E-state index is 0. The quantitative estimate of drug-likeness (QED) is 0.231. The third kappa shape index (κ3) is 4.94. The highest BCUT2D eigenvalue weighted by atomic mass is 127. The molecule has 25 heavy (non-hydrogen) atoms. The number of H-pyrrole nitrogens is 1. The number of aryl methyl sites for hydroxylation is 2. The van der Waals surface area contributed by atoms with Crippen LogP contribution in [-0.2, 0) is 20.0 Å². The molecule has 3 aromatic rings. The molecule has 0 amide bonds. The fourth-order valence-corrected chi connectivity index (χ4v) is 2.69. The van der Waals surface area contributed by atoms with E-state index in [1.54, 1.807) is 18.1 Å². The molecule has 0 bridgehead atoms. The number of nitrogens with zero attached hydrogens (tertiary/aromatic N) is 4. The third-order valence-electron chi connectivity index (χ3n) is 4.03. The lowest BCUT2D eigenvalue weighted by Crippen LogP contribution is -2.38. The molecular formula is C17H24IN7. The Morgan fingerprint density at radius 3 is 2.88 bits per heavy atom. The molecule has 3 rings (SSSR count). The zero-order valence-electron chi connectivity index (χ0n) is 14.5. The zero-order chi connectivity index (χ0) is 16.8. The van der Waals surface area contributed by atoms with Crippen LogP contribution in [0.5, 0.6) is 0 Å². The van der Waals surface area contributed by atoms with Gasteiger partial charge in [-0.3, -0.25) is 9.67 Å². The highest BCUT2D eigenvalue weighted by molar-refractivity contribution is 14.0. The fraction of sp³-hybridized carbons (Fsp3) is 0.353. The third-order valence-corrected chi connectivity index (χ3v) is 4.03. The average molecular weight is 453 g/mol. The molecule has 0 aliphatic rings. The van der Waals surface area contributed by atoms with Crippen molar-refractivity contribution in [3.63, 3.8) is 0 Å². The van der Waals surface area contributed by atoms with Crippen LogP contribution < -0.4 is 10.6 Å². The van der Waals surface area contributed by atoms with Gasteiger partial charge in [0.25, 0.3) is 0 Å². The van der Waals surface area contributed by atoms with Crippen molar-refractivity contribution in [1.82, 2.24) is 30.4 Å². The van der Waals surface area contributed by atoms with Gasteiger partial charge < -0.3 is 15.6 Å². The van der Waals surface area contributed by atoms with Crippen molar-refractivity contribution in [2.75, 3.05) is 13.6 Å². The molecule has 0 aliphatic heterocycles. The number of aliphatic imine (C=N–C) groups is 1. The van der Waals surface area contributed by atoms with Crippen LogP contribution in [0.3, 0.4) is 0 Å². The van der Waals surface area contributed by atoms with E-state index in [-0.39, 0.29) is 24.0 Å². The summed E-state index contributed by atoms with van der Waals surface area (Å²) < 4.78 is 1.75. The Balaban J connectivity index is 0.00000225. The normalized spacial score (nSPS) is 11.4. The smallest absolute Gasteiger partial charge is 0.191 e. The lowest BCUT2D eigenvalue weighted by Gasteiger charge is -2.11. The maximum Gasteiger partial charge on any atom is 0.191 e. The van der Waals surface area contributed by atoms with E-state index in [0.717, 1.165) is 31.2 Å². The first-order valence-corrected chi connectivity index (χ1v) is 8.10. The molecule has 0 saturated heterocycles. The monoisotopic (exact) mass is 453 g/mol. The molecule has 0 spiro atoms. The number of guanidine groups is 1. The van der Waals surface area contributed by atoms with Gasteiger partial charge in [0.2, 0.25) is 0 Å². The summed E-state index contributed by atoms with van der Waals surface area (Å²) in [5, 5.41) is 11.9. The first kappa shape index (κ1) is 19.2. The summed E-state index contributed by atoms with van der Waals surface area (Å²) in [5.74, 6) is 1.65. The van der Waals surface area contributed by atoms with Crippen molar-refractivity contribution in [3.8, 4) is 0 Å². The van der Waals surface area contributed by atoms with E-state index in [2.05, 4.69) is 61.2 Å². The van der Waals surface area contributed by atoms with E-state index in [9.17, 15) is 0 Å². The molecule has 2 aromatic heterocycles. The molecule has 0 aliphatic carbocycles. The molecule has 8 heteroatoms. The SMILES string of the molecule is CN=C(NCCCc1c[nH]c2ccccc12)NCc1ncnn1C.I. The van der Waals surface area contributed by atoms with Gasteiger partial charge in [-0.05, 0) is 24.5 Å². The molecule has 2 heterocycles. The predicted octanol–water partition coefficient (Wildman–Crippen LogP) is 2.21. The number of benzene rings is 1. The predicted molar refractivity (Wildman–Crippen MR) is 111 cm³/mol. The summed E-state index contributed by atoms with van der Waals surface area (Å²) in [6.07, 6.45) is 5.71. The lowest BCUT2D eigenvalue weighted by molar-refractivity contribution is 0.669. The molecule has 7 nitrogen and oxygen atoms in total. The number of aromatic amines is 1. The molecular weight excluding hydrogens is 429 g/mol. The number of hydrogen-bond donors (Lipinski definition) is 3. The minimum Gasteiger partial charge on any atom is -0.361 e. The number of halogens is 1. The highest BCUT2D eigenvalue weighted by Crippen LogP contribution is 2.18. The molecule has 134 valence electrons. The van der Waals surface area contributed by atoms with E-state index >= 15 is 0 Å². The molecule has 1 aromatic carbocycles. The topological polar surface area (TPSA) is 82.9 Å². The van der Waals surface area contributed by atoms with E-state index in [0.29, 0.717) is 6.54 Å². The standard InChI is InChI=1S/C17H23N7.HI/c1-18-17(21-11-16-22-12-23-24(16)2)19-9-5-6-13-10-20-15-8-4-3-7-14(13)15;/h3-4,7-8,10,12,20H,5-6,9,11H2,1-2H3,(H2,18,19,21);1H. The molecule has 0 unspecified atom stereocenters. The van der Waals surface area contributed by atoms with E-state index < -0.39 is 0 Å². The van der Waals surface area contributed by atoms with Crippen molar-refractivity contribution >= 4 is 40.8 Å². The Bertz CT molecular complexity index is 821. The number of hydrogen-bond acceptors (Lipinski definition) is 3. The lowest BCUT2D eigenvalue weighted by atomic mass is 10.1. The van der Waals surface area contributed by atoms with Crippen LogP contribution in [0.15, 0.2) is 41.8 Å². The number of nitrogens with one attached hydrogen (secondary N) is 3. The molecule has 3 N–H and O–H groups in total. The van der Waals surface area contributed by atoms with Crippen molar-refractivity contribution in [1.29, 1.82) is 0 Å². The summed E-state index contributed by atoms with van der Waals surface area (Å²) in [4.78, 5) is 11.7. The average Bonchev–Trinajstić information content (AvgIpc) is 3.21. The molecule has 0 saturated carbocycles. The van der Waals surface area contributed by atoms with Crippen LogP contribution in [0.1, 0.15) is 17.8 Å². The van der Waals surface area contributed by atoms with Gasteiger partial charge in [-0.2, -0.15) is 5.10 Å². The van der Waals surface area contributed by atoms with Crippen LogP contribution in [0.2, 0.25) is 0 Å². The Labute approximate surface area is 164 Å². The van der Waals surface area contributed by atoms with Gasteiger partial charge in [-0.15, -0.1) is 24.0 Å². The Kier molecular flexibility index (Phi) is 7.23. The summed E-state index contributed by atoms with van der Waals surface area (Å²) in [6, 6.07) is 8.40. The second-order valence-corrected chi connectivity index (χ2v) is 5.62. The second-order valence-electron chi connectivity index (χ2n) is 5.62. The molecule has 0 fully saturated rings. The van der Waals surface area contributed by atoms with Crippen molar-refractivity contribution < 1.29 is 0 Å². The summed E-state index contributed by atoms with van der Waals surface area (Å²) in [7, 11) is 3.65. The fourth-order valence-electron chi connectivity index (χ4n) is 2.69. The van der Waals surface area contributed by atoms with Gasteiger partial charge in [0.1, 0.15) is 12.2 Å². The van der Waals surface area contributed by atoms with Crippen molar-refractivity contribution in [2.24, 2.45) is 12.0 Å². The second kappa shape index (κ2) is 9.40. The number of para-hydroxylation sites is 1. The van der Waals surface area contributed by atoms with Gasteiger partial charge in [0.05, 0.1) is 6.54 Å². The van der Waals surface area contributed by atoms with Crippen molar-refractivity contribution in [3.05, 3.63) is 48.2 Å². The Morgan fingerprint density at radius 2 is 2.12 bits per heavy atom. The van der Waals surface area contributed by atoms with Gasteiger partial charge in [0.15, 0.2) is 5.96 Å². The van der Waals surface area contributed by atoms with Crippen LogP contribution in [0.25, 0.3) is 10.9 Å². The first-order chi connectivity index (χ1) is 11.8. The van der Waals surface area contributed by atoms with Gasteiger partial charge >= 0.3 is 0 Å². The number of fused-ring (bicyclic) bond motifs is 1. The largest absolute Gasteiger partial charge is 0.361 e. The summed E-state index contributed by atoms with van der Waals surface area (Å²) in [5.41, 5.74) is 2.55.